The largest absolute Gasteiger partial charge is 0.514 e. The summed E-state index contributed by atoms with van der Waals surface area (Å²) in [6, 6.07) is 10.6. The minimum absolute atomic E-state index is 0.142. The molecule has 6 nitrogen and oxygen atoms in total. The zero-order valence-electron chi connectivity index (χ0n) is 16.2. The number of carbonyl (C=O) groups is 2. The lowest BCUT2D eigenvalue weighted by Gasteiger charge is -2.12. The molecule has 0 spiro atoms. The molecule has 0 radical (unpaired) electrons. The molecule has 0 aliphatic carbocycles. The molecule has 2 aromatic carbocycles. The van der Waals surface area contributed by atoms with Crippen molar-refractivity contribution in [3.05, 3.63) is 58.7 Å². The Morgan fingerprint density at radius 2 is 1.21 bits per heavy atom. The lowest BCUT2D eigenvalue weighted by Crippen LogP contribution is -2.11. The fourth-order valence-electron chi connectivity index (χ4n) is 2.52. The summed E-state index contributed by atoms with van der Waals surface area (Å²) in [4.78, 5) is 23.0. The van der Waals surface area contributed by atoms with E-state index in [1.165, 1.54) is 0 Å². The van der Waals surface area contributed by atoms with Gasteiger partial charge in [-0.3, -0.25) is 0 Å². The van der Waals surface area contributed by atoms with E-state index in [0.29, 0.717) is 17.9 Å². The predicted molar refractivity (Wildman–Crippen MR) is 107 cm³/mol. The van der Waals surface area contributed by atoms with Gasteiger partial charge in [-0.25, -0.2) is 9.59 Å². The average Bonchev–Trinajstić information content (AvgIpc) is 2.68. The fraction of sp³-hybridized carbons (Fsp3) is 0.217. The average molecular weight is 392 g/mol. The number of terminal acetylenes is 2. The van der Waals surface area contributed by atoms with Crippen LogP contribution in [-0.4, -0.2) is 25.5 Å². The first kappa shape index (κ1) is 21.4. The van der Waals surface area contributed by atoms with Gasteiger partial charge >= 0.3 is 12.3 Å². The van der Waals surface area contributed by atoms with Gasteiger partial charge in [0.15, 0.2) is 13.2 Å². The van der Waals surface area contributed by atoms with Crippen molar-refractivity contribution in [2.24, 2.45) is 0 Å². The SMILES string of the molecule is C#CCOC(=O)Oc1ccc(Cc2ccc(OC(=O)OCC#C)cc2C)c(C)c1. The highest BCUT2D eigenvalue weighted by molar-refractivity contribution is 5.65. The van der Waals surface area contributed by atoms with Gasteiger partial charge in [0.25, 0.3) is 0 Å². The van der Waals surface area contributed by atoms with E-state index in [0.717, 1.165) is 22.3 Å². The molecule has 0 heterocycles. The van der Waals surface area contributed by atoms with Crippen LogP contribution in [0, 0.1) is 38.5 Å². The molecule has 148 valence electrons. The van der Waals surface area contributed by atoms with Gasteiger partial charge in [-0.15, -0.1) is 12.8 Å². The normalized spacial score (nSPS) is 9.66. The highest BCUT2D eigenvalue weighted by Gasteiger charge is 2.10. The first-order chi connectivity index (χ1) is 13.9. The standard InChI is InChI=1S/C23H20O6/c1-5-11-26-22(24)28-20-9-7-18(16(3)13-20)15-19-8-10-21(14-17(19)4)29-23(25)27-12-6-2/h1-2,7-10,13-14H,11-12,15H2,3-4H3. The summed E-state index contributed by atoms with van der Waals surface area (Å²) >= 11 is 0. The van der Waals surface area contributed by atoms with Gasteiger partial charge in [0.05, 0.1) is 0 Å². The van der Waals surface area contributed by atoms with Gasteiger partial charge < -0.3 is 18.9 Å². The molecular formula is C23H20O6. The Kier molecular flexibility index (Phi) is 7.70. The molecule has 2 rings (SSSR count). The third-order valence-corrected chi connectivity index (χ3v) is 3.96. The van der Waals surface area contributed by atoms with Crippen LogP contribution in [0.5, 0.6) is 11.5 Å². The second kappa shape index (κ2) is 10.4. The monoisotopic (exact) mass is 392 g/mol. The van der Waals surface area contributed by atoms with Crippen molar-refractivity contribution in [1.82, 2.24) is 0 Å². The van der Waals surface area contributed by atoms with Crippen LogP contribution in [0.25, 0.3) is 0 Å². The Morgan fingerprint density at radius 3 is 1.55 bits per heavy atom. The first-order valence-corrected chi connectivity index (χ1v) is 8.68. The maximum absolute atomic E-state index is 11.5. The molecule has 0 saturated carbocycles. The summed E-state index contributed by atoms with van der Waals surface area (Å²) in [6.07, 6.45) is 9.03. The molecule has 0 fully saturated rings. The molecule has 0 aliphatic heterocycles. The summed E-state index contributed by atoms with van der Waals surface area (Å²) in [5.74, 6) is 5.14. The second-order valence-corrected chi connectivity index (χ2v) is 6.04. The smallest absolute Gasteiger partial charge is 0.421 e. The molecular weight excluding hydrogens is 372 g/mol. The Labute approximate surface area is 169 Å². The Bertz CT molecular complexity index is 898. The van der Waals surface area contributed by atoms with E-state index in [-0.39, 0.29) is 13.2 Å². The predicted octanol–water partition coefficient (Wildman–Crippen LogP) is 4.19. The number of hydrogen-bond donors (Lipinski definition) is 0. The van der Waals surface area contributed by atoms with Crippen LogP contribution in [0.4, 0.5) is 9.59 Å². The van der Waals surface area contributed by atoms with E-state index in [4.69, 9.17) is 22.3 Å². The van der Waals surface area contributed by atoms with Gasteiger partial charge in [0.2, 0.25) is 0 Å². The zero-order valence-corrected chi connectivity index (χ0v) is 16.2. The Morgan fingerprint density at radius 1 is 0.793 bits per heavy atom. The summed E-state index contributed by atoms with van der Waals surface area (Å²) in [5.41, 5.74) is 4.01. The summed E-state index contributed by atoms with van der Waals surface area (Å²) in [7, 11) is 0. The molecule has 0 unspecified atom stereocenters. The maximum atomic E-state index is 11.5. The number of benzene rings is 2. The molecule has 29 heavy (non-hydrogen) atoms. The van der Waals surface area contributed by atoms with E-state index in [9.17, 15) is 9.59 Å². The fourth-order valence-corrected chi connectivity index (χ4v) is 2.52. The Balaban J connectivity index is 2.04. The van der Waals surface area contributed by atoms with Crippen LogP contribution < -0.4 is 9.47 Å². The maximum Gasteiger partial charge on any atom is 0.514 e. The molecule has 2 aromatic rings. The van der Waals surface area contributed by atoms with Gasteiger partial charge in [0, 0.05) is 0 Å². The highest BCUT2D eigenvalue weighted by Crippen LogP contribution is 2.24. The first-order valence-electron chi connectivity index (χ1n) is 8.68. The molecule has 0 atom stereocenters. The van der Waals surface area contributed by atoms with Crippen molar-refractivity contribution in [3.63, 3.8) is 0 Å². The highest BCUT2D eigenvalue weighted by atomic mass is 16.7. The summed E-state index contributed by atoms with van der Waals surface area (Å²) < 4.78 is 19.5. The van der Waals surface area contributed by atoms with Gasteiger partial charge in [-0.2, -0.15) is 0 Å². The molecule has 0 N–H and O–H groups in total. The minimum atomic E-state index is -0.845. The second-order valence-electron chi connectivity index (χ2n) is 6.04. The lowest BCUT2D eigenvalue weighted by atomic mass is 9.97. The molecule has 0 bridgehead atoms. The summed E-state index contributed by atoms with van der Waals surface area (Å²) in [6.45, 7) is 3.56. The van der Waals surface area contributed by atoms with Gasteiger partial charge in [-0.05, 0) is 66.8 Å². The van der Waals surface area contributed by atoms with Crippen molar-refractivity contribution in [2.45, 2.75) is 20.3 Å². The van der Waals surface area contributed by atoms with Crippen LogP contribution >= 0.6 is 0 Å². The van der Waals surface area contributed by atoms with E-state index in [2.05, 4.69) is 21.3 Å². The van der Waals surface area contributed by atoms with Crippen LogP contribution in [0.3, 0.4) is 0 Å². The Hall–Kier alpha value is -3.90. The van der Waals surface area contributed by atoms with E-state index >= 15 is 0 Å². The molecule has 0 aromatic heterocycles. The van der Waals surface area contributed by atoms with Crippen LogP contribution in [0.2, 0.25) is 0 Å². The van der Waals surface area contributed by atoms with Crippen LogP contribution in [0.1, 0.15) is 22.3 Å². The van der Waals surface area contributed by atoms with Crippen molar-refractivity contribution >= 4 is 12.3 Å². The minimum Gasteiger partial charge on any atom is -0.421 e. The van der Waals surface area contributed by atoms with Gasteiger partial charge in [-0.1, -0.05) is 24.0 Å². The van der Waals surface area contributed by atoms with Gasteiger partial charge in [0.1, 0.15) is 11.5 Å². The third-order valence-electron chi connectivity index (χ3n) is 3.96. The summed E-state index contributed by atoms with van der Waals surface area (Å²) in [5, 5.41) is 0. The number of hydrogen-bond acceptors (Lipinski definition) is 6. The molecule has 0 aliphatic rings. The number of rotatable bonds is 6. The number of ether oxygens (including phenoxy) is 4. The molecule has 6 heteroatoms. The van der Waals surface area contributed by atoms with Crippen LogP contribution in [0.15, 0.2) is 36.4 Å². The molecule has 0 saturated heterocycles. The number of carbonyl (C=O) groups excluding carboxylic acids is 2. The quantitative estimate of drug-likeness (QED) is 0.417. The van der Waals surface area contributed by atoms with Crippen LogP contribution in [-0.2, 0) is 15.9 Å². The van der Waals surface area contributed by atoms with E-state index < -0.39 is 12.3 Å². The topological polar surface area (TPSA) is 71.1 Å². The number of aryl methyl sites for hydroxylation is 2. The lowest BCUT2D eigenvalue weighted by molar-refractivity contribution is 0.110. The third kappa shape index (κ3) is 6.64. The zero-order chi connectivity index (χ0) is 21.2. The molecule has 0 amide bonds. The van der Waals surface area contributed by atoms with Crippen molar-refractivity contribution in [3.8, 4) is 36.2 Å². The van der Waals surface area contributed by atoms with E-state index in [1.54, 1.807) is 24.3 Å². The van der Waals surface area contributed by atoms with Crippen molar-refractivity contribution in [1.29, 1.82) is 0 Å². The van der Waals surface area contributed by atoms with E-state index in [1.807, 2.05) is 26.0 Å². The van der Waals surface area contributed by atoms with Crippen molar-refractivity contribution < 1.29 is 28.5 Å². The van der Waals surface area contributed by atoms with Crippen molar-refractivity contribution in [2.75, 3.05) is 13.2 Å².